The van der Waals surface area contributed by atoms with Crippen molar-refractivity contribution in [2.24, 2.45) is 0 Å². The van der Waals surface area contributed by atoms with Gasteiger partial charge >= 0.3 is 0 Å². The van der Waals surface area contributed by atoms with E-state index >= 15 is 0 Å². The minimum absolute atomic E-state index is 0.105. The molecule has 0 aliphatic carbocycles. The first-order valence-corrected chi connectivity index (χ1v) is 9.37. The van der Waals surface area contributed by atoms with Gasteiger partial charge in [0.05, 0.1) is 29.6 Å². The second-order valence-electron chi connectivity index (χ2n) is 6.73. The fraction of sp³-hybridized carbons (Fsp3) is 0.238. The fourth-order valence-corrected chi connectivity index (χ4v) is 3.28. The van der Waals surface area contributed by atoms with Gasteiger partial charge in [-0.05, 0) is 31.2 Å². The molecule has 148 valence electrons. The van der Waals surface area contributed by atoms with E-state index in [1.54, 1.807) is 48.5 Å². The van der Waals surface area contributed by atoms with Gasteiger partial charge in [-0.3, -0.25) is 14.4 Å². The van der Waals surface area contributed by atoms with Crippen LogP contribution in [-0.4, -0.2) is 39.3 Å². The summed E-state index contributed by atoms with van der Waals surface area (Å²) in [7, 11) is 0. The highest BCUT2D eigenvalue weighted by Crippen LogP contribution is 2.29. The molecule has 1 aliphatic heterocycles. The van der Waals surface area contributed by atoms with E-state index < -0.39 is 6.10 Å². The Labute approximate surface area is 166 Å². The summed E-state index contributed by atoms with van der Waals surface area (Å²) in [5, 5.41) is 3.25. The first-order chi connectivity index (χ1) is 14.0. The lowest BCUT2D eigenvalue weighted by Crippen LogP contribution is -2.42. The van der Waals surface area contributed by atoms with Crippen LogP contribution in [0.3, 0.4) is 0 Å². The van der Waals surface area contributed by atoms with Gasteiger partial charge in [-0.2, -0.15) is 0 Å². The smallest absolute Gasteiger partial charge is 0.266 e. The topological polar surface area (TPSA) is 104 Å². The van der Waals surface area contributed by atoms with Gasteiger partial charge in [-0.25, -0.2) is 4.98 Å². The Kier molecular flexibility index (Phi) is 4.99. The molecule has 8 nitrogen and oxygen atoms in total. The number of carbonyl (C=O) groups excluding carboxylic acids is 2. The monoisotopic (exact) mass is 392 g/mol. The van der Waals surface area contributed by atoms with Crippen molar-refractivity contribution in [1.82, 2.24) is 14.9 Å². The van der Waals surface area contributed by atoms with Crippen LogP contribution in [0.5, 0.6) is 5.75 Å². The number of carbonyl (C=O) groups is 2. The number of aromatic nitrogens is 2. The lowest BCUT2D eigenvalue weighted by molar-refractivity contribution is -0.137. The molecular formula is C21H20N4O4. The van der Waals surface area contributed by atoms with E-state index in [9.17, 15) is 14.4 Å². The van der Waals surface area contributed by atoms with Crippen molar-refractivity contribution < 1.29 is 14.3 Å². The van der Waals surface area contributed by atoms with Crippen LogP contribution in [0.4, 0.5) is 5.69 Å². The molecule has 1 atom stereocenters. The number of anilines is 1. The van der Waals surface area contributed by atoms with Crippen LogP contribution in [0.25, 0.3) is 10.9 Å². The lowest BCUT2D eigenvalue weighted by atomic mass is 10.1. The maximum Gasteiger partial charge on any atom is 0.266 e. The van der Waals surface area contributed by atoms with Gasteiger partial charge in [-0.15, -0.1) is 0 Å². The van der Waals surface area contributed by atoms with Crippen LogP contribution in [0.2, 0.25) is 0 Å². The summed E-state index contributed by atoms with van der Waals surface area (Å²) in [5.74, 6) is 0.310. The van der Waals surface area contributed by atoms with Crippen molar-refractivity contribution >= 4 is 28.4 Å². The molecule has 2 aromatic carbocycles. The van der Waals surface area contributed by atoms with E-state index in [1.807, 2.05) is 6.92 Å². The van der Waals surface area contributed by atoms with Crippen LogP contribution < -0.4 is 15.6 Å². The summed E-state index contributed by atoms with van der Waals surface area (Å²) < 4.78 is 5.70. The molecule has 8 heteroatoms. The van der Waals surface area contributed by atoms with Crippen molar-refractivity contribution in [3.05, 3.63) is 64.7 Å². The summed E-state index contributed by atoms with van der Waals surface area (Å²) in [4.78, 5) is 46.0. The van der Waals surface area contributed by atoms with Crippen molar-refractivity contribution in [3.8, 4) is 5.75 Å². The molecule has 2 N–H and O–H groups in total. The zero-order valence-electron chi connectivity index (χ0n) is 15.8. The summed E-state index contributed by atoms with van der Waals surface area (Å²) in [6, 6.07) is 14.1. The van der Waals surface area contributed by atoms with Crippen molar-refractivity contribution in [2.45, 2.75) is 26.0 Å². The molecule has 0 radical (unpaired) electrons. The summed E-state index contributed by atoms with van der Waals surface area (Å²) in [5.41, 5.74) is 0.911. The molecule has 2 amide bonds. The SMILES string of the molecule is CCN(Cc1nc2ccccc2c(=O)[nH]1)C(=O)C[C@@H]1Oc2ccccc2NC1=O. The molecule has 2 heterocycles. The third kappa shape index (κ3) is 3.82. The summed E-state index contributed by atoms with van der Waals surface area (Å²) >= 11 is 0. The van der Waals surface area contributed by atoms with Crippen LogP contribution in [-0.2, 0) is 16.1 Å². The molecule has 0 saturated heterocycles. The Morgan fingerprint density at radius 1 is 1.14 bits per heavy atom. The number of benzene rings is 2. The number of hydrogen-bond acceptors (Lipinski definition) is 5. The van der Waals surface area contributed by atoms with E-state index in [0.717, 1.165) is 0 Å². The second-order valence-corrected chi connectivity index (χ2v) is 6.73. The van der Waals surface area contributed by atoms with Crippen molar-refractivity contribution in [3.63, 3.8) is 0 Å². The van der Waals surface area contributed by atoms with Crippen molar-refractivity contribution in [1.29, 1.82) is 0 Å². The standard InChI is InChI=1S/C21H20N4O4/c1-2-25(12-18-22-14-8-4-3-7-13(14)20(27)24-18)19(26)11-17-21(28)23-15-9-5-6-10-16(15)29-17/h3-10,17H,2,11-12H2,1H3,(H,23,28)(H,22,24,27)/t17-/m0/s1. The molecule has 0 fully saturated rings. The van der Waals surface area contributed by atoms with Gasteiger partial charge in [0.15, 0.2) is 6.10 Å². The molecule has 3 aromatic rings. The molecule has 0 unspecified atom stereocenters. The normalized spacial score (nSPS) is 15.3. The molecule has 1 aliphatic rings. The minimum atomic E-state index is -0.907. The second kappa shape index (κ2) is 7.75. The largest absolute Gasteiger partial charge is 0.478 e. The number of rotatable bonds is 5. The van der Waals surface area contributed by atoms with Gasteiger partial charge < -0.3 is 19.9 Å². The Morgan fingerprint density at radius 3 is 2.72 bits per heavy atom. The number of fused-ring (bicyclic) bond motifs is 2. The quantitative estimate of drug-likeness (QED) is 0.692. The van der Waals surface area contributed by atoms with E-state index in [1.165, 1.54) is 4.90 Å². The van der Waals surface area contributed by atoms with Gasteiger partial charge in [-0.1, -0.05) is 24.3 Å². The summed E-state index contributed by atoms with van der Waals surface area (Å²) in [6.45, 7) is 2.37. The van der Waals surface area contributed by atoms with Crippen LogP contribution in [0.1, 0.15) is 19.2 Å². The van der Waals surface area contributed by atoms with E-state index in [0.29, 0.717) is 34.7 Å². The number of amides is 2. The number of para-hydroxylation sites is 3. The Bertz CT molecular complexity index is 1140. The van der Waals surface area contributed by atoms with Crippen LogP contribution in [0.15, 0.2) is 53.3 Å². The lowest BCUT2D eigenvalue weighted by Gasteiger charge is -2.27. The highest BCUT2D eigenvalue weighted by Gasteiger charge is 2.31. The maximum absolute atomic E-state index is 12.8. The van der Waals surface area contributed by atoms with Crippen molar-refractivity contribution in [2.75, 3.05) is 11.9 Å². The molecule has 0 spiro atoms. The van der Waals surface area contributed by atoms with E-state index in [-0.39, 0.29) is 30.3 Å². The van der Waals surface area contributed by atoms with Gasteiger partial charge in [0.2, 0.25) is 5.91 Å². The Morgan fingerprint density at radius 2 is 1.90 bits per heavy atom. The average Bonchev–Trinajstić information content (AvgIpc) is 2.72. The molecular weight excluding hydrogens is 372 g/mol. The summed E-state index contributed by atoms with van der Waals surface area (Å²) in [6.07, 6.45) is -1.01. The Hall–Kier alpha value is -3.68. The van der Waals surface area contributed by atoms with Crippen LogP contribution in [0, 0.1) is 0 Å². The van der Waals surface area contributed by atoms with E-state index in [2.05, 4.69) is 15.3 Å². The Balaban J connectivity index is 1.49. The molecule has 0 bridgehead atoms. The molecule has 0 saturated carbocycles. The highest BCUT2D eigenvalue weighted by molar-refractivity contribution is 5.99. The molecule has 1 aromatic heterocycles. The molecule has 4 rings (SSSR count). The maximum atomic E-state index is 12.8. The van der Waals surface area contributed by atoms with Gasteiger partial charge in [0, 0.05) is 6.54 Å². The first-order valence-electron chi connectivity index (χ1n) is 9.37. The zero-order chi connectivity index (χ0) is 20.4. The molecule has 29 heavy (non-hydrogen) atoms. The third-order valence-corrected chi connectivity index (χ3v) is 4.80. The van der Waals surface area contributed by atoms with Gasteiger partial charge in [0.1, 0.15) is 11.6 Å². The minimum Gasteiger partial charge on any atom is -0.478 e. The fourth-order valence-electron chi connectivity index (χ4n) is 3.28. The zero-order valence-corrected chi connectivity index (χ0v) is 15.8. The van der Waals surface area contributed by atoms with E-state index in [4.69, 9.17) is 4.74 Å². The number of nitrogens with zero attached hydrogens (tertiary/aromatic N) is 2. The van der Waals surface area contributed by atoms with Crippen LogP contribution >= 0.6 is 0 Å². The predicted molar refractivity (Wildman–Crippen MR) is 108 cm³/mol. The number of ether oxygens (including phenoxy) is 1. The predicted octanol–water partition coefficient (Wildman–Crippen LogP) is 2.06. The highest BCUT2D eigenvalue weighted by atomic mass is 16.5. The number of nitrogens with one attached hydrogen (secondary N) is 2. The number of hydrogen-bond donors (Lipinski definition) is 2. The average molecular weight is 392 g/mol. The number of H-pyrrole nitrogens is 1. The number of aromatic amines is 1. The van der Waals surface area contributed by atoms with Gasteiger partial charge in [0.25, 0.3) is 11.5 Å². The first kappa shape index (κ1) is 18.7. The third-order valence-electron chi connectivity index (χ3n) is 4.80.